The van der Waals surface area contributed by atoms with E-state index in [0.717, 1.165) is 37.6 Å². The van der Waals surface area contributed by atoms with E-state index in [4.69, 9.17) is 4.42 Å². The third kappa shape index (κ3) is 1.99. The molecule has 0 aliphatic carbocycles. The molecule has 0 unspecified atom stereocenters. The van der Waals surface area contributed by atoms with E-state index in [9.17, 15) is 0 Å². The molecule has 0 aliphatic rings. The molecule has 0 amide bonds. The van der Waals surface area contributed by atoms with Crippen molar-refractivity contribution in [3.05, 3.63) is 65.1 Å². The second-order valence-electron chi connectivity index (χ2n) is 5.57. The lowest BCUT2D eigenvalue weighted by Gasteiger charge is -1.92. The number of halogens is 1. The summed E-state index contributed by atoms with van der Waals surface area (Å²) >= 11 is 3.51. The highest BCUT2D eigenvalue weighted by Gasteiger charge is 2.12. The fraction of sp³-hybridized carbons (Fsp3) is 0. The summed E-state index contributed by atoms with van der Waals surface area (Å²) in [6.45, 7) is 0. The largest absolute Gasteiger partial charge is 0.436 e. The lowest BCUT2D eigenvalue weighted by Crippen LogP contribution is -1.74. The number of rotatable bonds is 1. The van der Waals surface area contributed by atoms with Gasteiger partial charge < -0.3 is 9.40 Å². The van der Waals surface area contributed by atoms with Crippen LogP contribution in [0.2, 0.25) is 0 Å². The Morgan fingerprint density at radius 1 is 0.870 bits per heavy atom. The topological polar surface area (TPSA) is 41.8 Å². The number of aromatic nitrogens is 2. The van der Waals surface area contributed by atoms with Crippen molar-refractivity contribution in [3.63, 3.8) is 0 Å². The van der Waals surface area contributed by atoms with Crippen molar-refractivity contribution in [1.29, 1.82) is 0 Å². The van der Waals surface area contributed by atoms with E-state index >= 15 is 0 Å². The number of hydrogen-bond acceptors (Lipinski definition) is 2. The Hall–Kier alpha value is -2.59. The molecule has 5 rings (SSSR count). The van der Waals surface area contributed by atoms with E-state index in [-0.39, 0.29) is 0 Å². The van der Waals surface area contributed by atoms with Crippen LogP contribution in [0, 0.1) is 0 Å². The van der Waals surface area contributed by atoms with Crippen LogP contribution < -0.4 is 0 Å². The van der Waals surface area contributed by atoms with Gasteiger partial charge in [0.2, 0.25) is 5.89 Å². The maximum Gasteiger partial charge on any atom is 0.227 e. The summed E-state index contributed by atoms with van der Waals surface area (Å²) in [5.74, 6) is 0.653. The van der Waals surface area contributed by atoms with Crippen LogP contribution in [0.4, 0.5) is 0 Å². The molecule has 110 valence electrons. The minimum Gasteiger partial charge on any atom is -0.436 e. The van der Waals surface area contributed by atoms with Gasteiger partial charge in [-0.05, 0) is 36.4 Å². The van der Waals surface area contributed by atoms with Crippen LogP contribution in [0.15, 0.2) is 69.6 Å². The Bertz CT molecular complexity index is 1170. The van der Waals surface area contributed by atoms with Gasteiger partial charge in [-0.1, -0.05) is 40.2 Å². The maximum absolute atomic E-state index is 5.97. The van der Waals surface area contributed by atoms with Gasteiger partial charge in [0.1, 0.15) is 5.52 Å². The highest BCUT2D eigenvalue weighted by molar-refractivity contribution is 9.10. The molecule has 0 fully saturated rings. The van der Waals surface area contributed by atoms with Gasteiger partial charge in [0.15, 0.2) is 5.58 Å². The molecule has 0 aliphatic heterocycles. The SMILES string of the molecule is Brc1ccc2c(c1)[nH]c1cc3nc(-c4ccccc4)oc3cc12. The Morgan fingerprint density at radius 2 is 1.70 bits per heavy atom. The Morgan fingerprint density at radius 3 is 2.57 bits per heavy atom. The molecule has 0 spiro atoms. The molecule has 0 saturated carbocycles. The van der Waals surface area contributed by atoms with Crippen LogP contribution in [0.5, 0.6) is 0 Å². The third-order valence-corrected chi connectivity index (χ3v) is 4.58. The van der Waals surface area contributed by atoms with E-state index in [1.807, 2.05) is 30.3 Å². The van der Waals surface area contributed by atoms with Gasteiger partial charge in [0.05, 0.1) is 0 Å². The van der Waals surface area contributed by atoms with E-state index < -0.39 is 0 Å². The Kier molecular flexibility index (Phi) is 2.64. The predicted molar refractivity (Wildman–Crippen MR) is 96.5 cm³/mol. The first-order chi connectivity index (χ1) is 11.3. The van der Waals surface area contributed by atoms with Gasteiger partial charge in [0.25, 0.3) is 0 Å². The highest BCUT2D eigenvalue weighted by atomic mass is 79.9. The van der Waals surface area contributed by atoms with Crippen molar-refractivity contribution in [1.82, 2.24) is 9.97 Å². The first-order valence-corrected chi connectivity index (χ1v) is 8.14. The summed E-state index contributed by atoms with van der Waals surface area (Å²) < 4.78 is 7.03. The molecular formula is C19H11BrN2O. The number of aromatic amines is 1. The van der Waals surface area contributed by atoms with Gasteiger partial charge in [-0.15, -0.1) is 0 Å². The molecule has 23 heavy (non-hydrogen) atoms. The quantitative estimate of drug-likeness (QED) is 0.403. The second-order valence-corrected chi connectivity index (χ2v) is 6.48. The maximum atomic E-state index is 5.97. The van der Waals surface area contributed by atoms with Crippen LogP contribution in [0.1, 0.15) is 0 Å². The van der Waals surface area contributed by atoms with Crippen LogP contribution in [-0.4, -0.2) is 9.97 Å². The number of nitrogens with zero attached hydrogens (tertiary/aromatic N) is 1. The zero-order valence-corrected chi connectivity index (χ0v) is 13.6. The molecule has 4 heteroatoms. The van der Waals surface area contributed by atoms with Crippen molar-refractivity contribution in [2.24, 2.45) is 0 Å². The number of benzene rings is 3. The van der Waals surface area contributed by atoms with Gasteiger partial charge in [-0.25, -0.2) is 4.98 Å². The summed E-state index contributed by atoms with van der Waals surface area (Å²) in [5.41, 5.74) is 4.83. The molecule has 1 N–H and O–H groups in total. The zero-order valence-electron chi connectivity index (χ0n) is 12.0. The molecule has 3 nitrogen and oxygen atoms in total. The number of hydrogen-bond donors (Lipinski definition) is 1. The molecule has 2 heterocycles. The lowest BCUT2D eigenvalue weighted by molar-refractivity contribution is 0.620. The lowest BCUT2D eigenvalue weighted by atomic mass is 10.1. The monoisotopic (exact) mass is 362 g/mol. The smallest absolute Gasteiger partial charge is 0.227 e. The Balaban J connectivity index is 1.79. The number of nitrogens with one attached hydrogen (secondary N) is 1. The van der Waals surface area contributed by atoms with Crippen molar-refractivity contribution >= 4 is 48.8 Å². The van der Waals surface area contributed by atoms with Crippen molar-refractivity contribution in [2.45, 2.75) is 0 Å². The van der Waals surface area contributed by atoms with Gasteiger partial charge in [0, 0.05) is 31.8 Å². The molecule has 0 atom stereocenters. The van der Waals surface area contributed by atoms with E-state index in [1.54, 1.807) is 0 Å². The number of oxazole rings is 1. The van der Waals surface area contributed by atoms with Crippen LogP contribution in [0.25, 0.3) is 44.4 Å². The third-order valence-electron chi connectivity index (χ3n) is 4.09. The number of H-pyrrole nitrogens is 1. The van der Waals surface area contributed by atoms with Crippen LogP contribution in [0.3, 0.4) is 0 Å². The summed E-state index contributed by atoms with van der Waals surface area (Å²) in [6.07, 6.45) is 0. The van der Waals surface area contributed by atoms with Crippen LogP contribution in [-0.2, 0) is 0 Å². The summed E-state index contributed by atoms with van der Waals surface area (Å²) in [5, 5.41) is 2.33. The van der Waals surface area contributed by atoms with E-state index in [0.29, 0.717) is 5.89 Å². The fourth-order valence-corrected chi connectivity index (χ4v) is 3.37. The van der Waals surface area contributed by atoms with Gasteiger partial charge in [-0.3, -0.25) is 0 Å². The van der Waals surface area contributed by atoms with Gasteiger partial charge >= 0.3 is 0 Å². The normalized spacial score (nSPS) is 11.7. The van der Waals surface area contributed by atoms with Gasteiger partial charge in [-0.2, -0.15) is 0 Å². The van der Waals surface area contributed by atoms with E-state index in [1.165, 1.54) is 5.39 Å². The molecule has 5 aromatic rings. The minimum absolute atomic E-state index is 0.653. The summed E-state index contributed by atoms with van der Waals surface area (Å²) in [6, 6.07) is 20.3. The molecule has 3 aromatic carbocycles. The fourth-order valence-electron chi connectivity index (χ4n) is 3.00. The van der Waals surface area contributed by atoms with Crippen LogP contribution >= 0.6 is 15.9 Å². The highest BCUT2D eigenvalue weighted by Crippen LogP contribution is 2.32. The first kappa shape index (κ1) is 12.9. The molecule has 0 bridgehead atoms. The number of fused-ring (bicyclic) bond motifs is 4. The minimum atomic E-state index is 0.653. The predicted octanol–water partition coefficient (Wildman–Crippen LogP) is 5.89. The van der Waals surface area contributed by atoms with E-state index in [2.05, 4.69) is 56.2 Å². The molecule has 0 radical (unpaired) electrons. The first-order valence-electron chi connectivity index (χ1n) is 7.35. The summed E-state index contributed by atoms with van der Waals surface area (Å²) in [7, 11) is 0. The second kappa shape index (κ2) is 4.70. The molecule has 0 saturated heterocycles. The average Bonchev–Trinajstić information content (AvgIpc) is 3.13. The summed E-state index contributed by atoms with van der Waals surface area (Å²) in [4.78, 5) is 8.07. The molecular weight excluding hydrogens is 352 g/mol. The van der Waals surface area contributed by atoms with Crippen molar-refractivity contribution in [2.75, 3.05) is 0 Å². The average molecular weight is 363 g/mol. The Labute approximate surface area is 140 Å². The van der Waals surface area contributed by atoms with Crippen molar-refractivity contribution in [3.8, 4) is 11.5 Å². The standard InChI is InChI=1S/C19H11BrN2O/c20-12-6-7-13-14-9-18-17(10-16(14)21-15(13)8-12)22-19(23-18)11-4-2-1-3-5-11/h1-10,21H. The molecule has 2 aromatic heterocycles. The van der Waals surface area contributed by atoms with Crippen molar-refractivity contribution < 1.29 is 4.42 Å². The zero-order chi connectivity index (χ0) is 15.4.